The molecule has 0 bridgehead atoms. The molecule has 0 saturated carbocycles. The fourth-order valence-electron chi connectivity index (χ4n) is 3.27. The fourth-order valence-corrected chi connectivity index (χ4v) is 5.17. The molecule has 0 spiro atoms. The van der Waals surface area contributed by atoms with Crippen molar-refractivity contribution in [3.63, 3.8) is 0 Å². The van der Waals surface area contributed by atoms with Gasteiger partial charge in [0.25, 0.3) is 20.2 Å². The lowest BCUT2D eigenvalue weighted by Crippen LogP contribution is -2.10. The first kappa shape index (κ1) is 24.6. The van der Waals surface area contributed by atoms with Gasteiger partial charge in [-0.1, -0.05) is 39.8 Å². The molecule has 1 aliphatic rings. The summed E-state index contributed by atoms with van der Waals surface area (Å²) >= 11 is 0. The monoisotopic (exact) mass is 480 g/mol. The lowest BCUT2D eigenvalue weighted by molar-refractivity contribution is 0.104. The normalized spacial score (nSPS) is 13.6. The highest BCUT2D eigenvalue weighted by atomic mass is 32.2. The number of ketones is 1. The van der Waals surface area contributed by atoms with Crippen LogP contribution in [0.2, 0.25) is 0 Å². The number of carbonyl (C=O) groups is 1. The van der Waals surface area contributed by atoms with E-state index in [1.807, 2.05) is 27.7 Å². The number of benzene rings is 2. The molecule has 2 aromatic carbocycles. The van der Waals surface area contributed by atoms with Crippen LogP contribution in [-0.2, 0) is 28.6 Å². The number of fused-ring (bicyclic) bond motifs is 3. The third-order valence-corrected chi connectivity index (χ3v) is 7.82. The predicted molar refractivity (Wildman–Crippen MR) is 120 cm³/mol. The summed E-state index contributed by atoms with van der Waals surface area (Å²) in [7, 11) is -8.01. The standard InChI is InChI=1S/C23H28O7S2/c1-15(2)9-11-29-31(25,26)17-5-7-19-20-8-6-18(14-22(20)23(24)21(19)13-17)32(27,28)30-12-10-16(3)4/h5-8,13-16H,9-12H2,1-4H3. The first-order chi connectivity index (χ1) is 14.9. The molecular weight excluding hydrogens is 452 g/mol. The lowest BCUT2D eigenvalue weighted by Gasteiger charge is -2.09. The van der Waals surface area contributed by atoms with Crippen LogP contribution < -0.4 is 0 Å². The van der Waals surface area contributed by atoms with E-state index in [0.717, 1.165) is 0 Å². The predicted octanol–water partition coefficient (Wildman–Crippen LogP) is 4.40. The van der Waals surface area contributed by atoms with Gasteiger partial charge >= 0.3 is 0 Å². The van der Waals surface area contributed by atoms with Crippen LogP contribution in [0.5, 0.6) is 0 Å². The van der Waals surface area contributed by atoms with Crippen LogP contribution in [0.3, 0.4) is 0 Å². The highest BCUT2D eigenvalue weighted by Gasteiger charge is 2.31. The second kappa shape index (κ2) is 9.43. The number of rotatable bonds is 10. The molecule has 32 heavy (non-hydrogen) atoms. The zero-order valence-electron chi connectivity index (χ0n) is 18.6. The van der Waals surface area contributed by atoms with Crippen LogP contribution in [-0.4, -0.2) is 35.8 Å². The fraction of sp³-hybridized carbons (Fsp3) is 0.435. The average Bonchev–Trinajstić information content (AvgIpc) is 2.98. The zero-order chi connectivity index (χ0) is 23.7. The topological polar surface area (TPSA) is 104 Å². The minimum Gasteiger partial charge on any atom is -0.289 e. The van der Waals surface area contributed by atoms with Gasteiger partial charge in [-0.3, -0.25) is 13.2 Å². The van der Waals surface area contributed by atoms with E-state index in [1.165, 1.54) is 24.3 Å². The zero-order valence-corrected chi connectivity index (χ0v) is 20.3. The van der Waals surface area contributed by atoms with Crippen molar-refractivity contribution in [2.24, 2.45) is 11.8 Å². The average molecular weight is 481 g/mol. The Bertz CT molecular complexity index is 1130. The van der Waals surface area contributed by atoms with Gasteiger partial charge in [-0.2, -0.15) is 16.8 Å². The van der Waals surface area contributed by atoms with Crippen molar-refractivity contribution < 1.29 is 30.0 Å². The number of hydrogen-bond acceptors (Lipinski definition) is 7. The van der Waals surface area contributed by atoms with Crippen LogP contribution >= 0.6 is 0 Å². The molecular formula is C23H28O7S2. The molecule has 0 N–H and O–H groups in total. The molecule has 0 fully saturated rings. The molecule has 0 heterocycles. The maximum absolute atomic E-state index is 13.0. The van der Waals surface area contributed by atoms with Crippen LogP contribution in [0.25, 0.3) is 11.1 Å². The molecule has 0 saturated heterocycles. The second-order valence-electron chi connectivity index (χ2n) is 8.66. The first-order valence-electron chi connectivity index (χ1n) is 10.5. The lowest BCUT2D eigenvalue weighted by atomic mass is 10.1. The quantitative estimate of drug-likeness (QED) is 0.396. The van der Waals surface area contributed by atoms with Gasteiger partial charge < -0.3 is 0 Å². The summed E-state index contributed by atoms with van der Waals surface area (Å²) in [6.45, 7) is 7.97. The van der Waals surface area contributed by atoms with Crippen LogP contribution in [0.15, 0.2) is 46.2 Å². The summed E-state index contributed by atoms with van der Waals surface area (Å²) in [5.74, 6) is 0.149. The molecule has 7 nitrogen and oxygen atoms in total. The smallest absolute Gasteiger partial charge is 0.289 e. The van der Waals surface area contributed by atoms with E-state index in [0.29, 0.717) is 35.8 Å². The Hall–Kier alpha value is -2.07. The summed E-state index contributed by atoms with van der Waals surface area (Å²) in [6, 6.07) is 8.46. The SMILES string of the molecule is CC(C)CCOS(=O)(=O)c1ccc2c(c1)C(=O)c1cc(S(=O)(=O)OCCC(C)C)ccc1-2. The van der Waals surface area contributed by atoms with E-state index in [2.05, 4.69) is 0 Å². The number of carbonyl (C=O) groups excluding carboxylic acids is 1. The van der Waals surface area contributed by atoms with Crippen molar-refractivity contribution in [3.8, 4) is 11.1 Å². The van der Waals surface area contributed by atoms with Crippen LogP contribution in [0.4, 0.5) is 0 Å². The van der Waals surface area contributed by atoms with E-state index in [1.54, 1.807) is 12.1 Å². The molecule has 0 unspecified atom stereocenters. The van der Waals surface area contributed by atoms with Gasteiger partial charge in [-0.15, -0.1) is 0 Å². The van der Waals surface area contributed by atoms with Gasteiger partial charge in [0.05, 0.1) is 23.0 Å². The molecule has 1 aliphatic carbocycles. The van der Waals surface area contributed by atoms with Crippen LogP contribution in [0, 0.1) is 11.8 Å². The van der Waals surface area contributed by atoms with Crippen molar-refractivity contribution in [2.45, 2.75) is 50.3 Å². The van der Waals surface area contributed by atoms with Crippen LogP contribution in [0.1, 0.15) is 56.5 Å². The molecule has 2 aromatic rings. The van der Waals surface area contributed by atoms with Crippen molar-refractivity contribution in [1.82, 2.24) is 0 Å². The Morgan fingerprint density at radius 3 is 1.38 bits per heavy atom. The van der Waals surface area contributed by atoms with E-state index < -0.39 is 26.0 Å². The Labute approximate surface area is 190 Å². The Morgan fingerprint density at radius 2 is 1.03 bits per heavy atom. The molecule has 0 radical (unpaired) electrons. The maximum atomic E-state index is 13.0. The third-order valence-electron chi connectivity index (χ3n) is 5.21. The van der Waals surface area contributed by atoms with Gasteiger partial charge in [0, 0.05) is 11.1 Å². The minimum atomic E-state index is -4.01. The van der Waals surface area contributed by atoms with Gasteiger partial charge in [0.1, 0.15) is 0 Å². The molecule has 0 amide bonds. The maximum Gasteiger partial charge on any atom is 0.296 e. The van der Waals surface area contributed by atoms with Crippen molar-refractivity contribution in [3.05, 3.63) is 47.5 Å². The highest BCUT2D eigenvalue weighted by molar-refractivity contribution is 7.87. The Balaban J connectivity index is 1.87. The van der Waals surface area contributed by atoms with Gasteiger partial charge in [0.15, 0.2) is 5.78 Å². The number of hydrogen-bond donors (Lipinski definition) is 0. The van der Waals surface area contributed by atoms with Gasteiger partial charge in [-0.25, -0.2) is 0 Å². The highest BCUT2D eigenvalue weighted by Crippen LogP contribution is 2.39. The summed E-state index contributed by atoms with van der Waals surface area (Å²) in [4.78, 5) is 12.8. The molecule has 0 aromatic heterocycles. The van der Waals surface area contributed by atoms with E-state index in [4.69, 9.17) is 8.37 Å². The molecule has 0 aliphatic heterocycles. The first-order valence-corrected chi connectivity index (χ1v) is 13.4. The summed E-state index contributed by atoms with van der Waals surface area (Å²) in [6.07, 6.45) is 1.18. The molecule has 9 heteroatoms. The minimum absolute atomic E-state index is 0.0588. The molecule has 174 valence electrons. The summed E-state index contributed by atoms with van der Waals surface area (Å²) in [5.41, 5.74) is 1.50. The van der Waals surface area contributed by atoms with E-state index in [9.17, 15) is 21.6 Å². The molecule has 3 rings (SSSR count). The Kier molecular flexibility index (Phi) is 7.24. The molecule has 0 atom stereocenters. The largest absolute Gasteiger partial charge is 0.296 e. The van der Waals surface area contributed by atoms with Crippen molar-refractivity contribution in [1.29, 1.82) is 0 Å². The van der Waals surface area contributed by atoms with Crippen molar-refractivity contribution in [2.75, 3.05) is 13.2 Å². The van der Waals surface area contributed by atoms with E-state index >= 15 is 0 Å². The summed E-state index contributed by atoms with van der Waals surface area (Å²) < 4.78 is 60.2. The third kappa shape index (κ3) is 5.28. The van der Waals surface area contributed by atoms with E-state index in [-0.39, 0.29) is 34.1 Å². The van der Waals surface area contributed by atoms with Gasteiger partial charge in [0.2, 0.25) is 0 Å². The summed E-state index contributed by atoms with van der Waals surface area (Å²) in [5, 5.41) is 0. The Morgan fingerprint density at radius 1 is 0.656 bits per heavy atom. The van der Waals surface area contributed by atoms with Gasteiger partial charge in [-0.05, 0) is 60.1 Å². The van der Waals surface area contributed by atoms with Crippen molar-refractivity contribution >= 4 is 26.0 Å². The second-order valence-corrected chi connectivity index (χ2v) is 11.9.